The molecule has 0 saturated carbocycles. The molecule has 0 atom stereocenters. The number of hydrogen-bond acceptors (Lipinski definition) is 7. The Balaban J connectivity index is 2.72. The van der Waals surface area contributed by atoms with Gasteiger partial charge in [0.1, 0.15) is 4.90 Å². The molecule has 1 rings (SSSR count). The Morgan fingerprint density at radius 2 is 1.95 bits per heavy atom. The van der Waals surface area contributed by atoms with Gasteiger partial charge in [-0.05, 0) is 12.5 Å². The van der Waals surface area contributed by atoms with Crippen molar-refractivity contribution in [2.75, 3.05) is 17.7 Å². The highest BCUT2D eigenvalue weighted by Gasteiger charge is 2.16. The summed E-state index contributed by atoms with van der Waals surface area (Å²) in [5, 5.41) is 4.84. The van der Waals surface area contributed by atoms with E-state index < -0.39 is 20.0 Å². The predicted octanol–water partition coefficient (Wildman–Crippen LogP) is -1.02. The van der Waals surface area contributed by atoms with Crippen LogP contribution in [-0.4, -0.2) is 34.1 Å². The van der Waals surface area contributed by atoms with Crippen LogP contribution in [0.3, 0.4) is 0 Å². The summed E-state index contributed by atoms with van der Waals surface area (Å²) < 4.78 is 47.3. The zero-order valence-electron chi connectivity index (χ0n) is 10.2. The van der Waals surface area contributed by atoms with Crippen LogP contribution in [0.1, 0.15) is 6.42 Å². The average molecular weight is 344 g/mol. The van der Waals surface area contributed by atoms with Crippen LogP contribution in [-0.2, 0) is 20.0 Å². The third-order valence-corrected chi connectivity index (χ3v) is 4.73. The lowest BCUT2D eigenvalue weighted by Crippen LogP contribution is -2.27. The molecular weight excluding hydrogens is 330 g/mol. The van der Waals surface area contributed by atoms with Gasteiger partial charge < -0.3 is 5.43 Å². The van der Waals surface area contributed by atoms with Crippen molar-refractivity contribution in [3.05, 3.63) is 17.3 Å². The highest BCUT2D eigenvalue weighted by molar-refractivity contribution is 7.89. The number of nitrogens with one attached hydrogen (secondary N) is 2. The Morgan fingerprint density at radius 1 is 1.30 bits per heavy atom. The molecule has 0 fully saturated rings. The first-order chi connectivity index (χ1) is 9.15. The van der Waals surface area contributed by atoms with E-state index >= 15 is 0 Å². The van der Waals surface area contributed by atoms with Gasteiger partial charge >= 0.3 is 0 Å². The van der Waals surface area contributed by atoms with Crippen LogP contribution >= 0.6 is 11.6 Å². The number of hydrogen-bond donors (Lipinski definition) is 4. The van der Waals surface area contributed by atoms with E-state index in [1.807, 2.05) is 0 Å². The number of nitrogens with two attached hydrogens (primary N) is 2. The first kappa shape index (κ1) is 17.1. The van der Waals surface area contributed by atoms with Crippen LogP contribution in [0.5, 0.6) is 0 Å². The molecule has 0 aromatic carbocycles. The third-order valence-electron chi connectivity index (χ3n) is 2.16. The van der Waals surface area contributed by atoms with E-state index in [0.717, 1.165) is 6.20 Å². The highest BCUT2D eigenvalue weighted by Crippen LogP contribution is 2.21. The second-order valence-electron chi connectivity index (χ2n) is 3.76. The van der Waals surface area contributed by atoms with Crippen molar-refractivity contribution in [2.45, 2.75) is 11.3 Å². The van der Waals surface area contributed by atoms with Gasteiger partial charge in [0.05, 0.1) is 10.8 Å². The van der Waals surface area contributed by atoms with Crippen molar-refractivity contribution in [1.29, 1.82) is 0 Å². The third kappa shape index (κ3) is 5.19. The first-order valence-corrected chi connectivity index (χ1v) is 8.85. The van der Waals surface area contributed by atoms with E-state index in [0.29, 0.717) is 0 Å². The maximum Gasteiger partial charge on any atom is 0.242 e. The van der Waals surface area contributed by atoms with Crippen LogP contribution < -0.4 is 21.1 Å². The maximum absolute atomic E-state index is 11.9. The minimum Gasteiger partial charge on any atom is -0.307 e. The van der Waals surface area contributed by atoms with E-state index in [2.05, 4.69) is 15.1 Å². The highest BCUT2D eigenvalue weighted by atomic mass is 35.5. The molecule has 9 nitrogen and oxygen atoms in total. The fourth-order valence-electron chi connectivity index (χ4n) is 1.24. The molecule has 0 saturated heterocycles. The van der Waals surface area contributed by atoms with Crippen molar-refractivity contribution in [3.8, 4) is 0 Å². The number of nitrogen functional groups attached to an aromatic ring is 1. The standard InChI is InChI=1S/C8H14ClN5O4S2/c9-7-4-6(5-12-8(7)14-10)20(17,18)13-2-1-3-19(11,15)16/h4-5,13H,1-3,10H2,(H,12,14)(H2,11,15,16). The molecule has 0 spiro atoms. The van der Waals surface area contributed by atoms with Crippen LogP contribution in [0.15, 0.2) is 17.2 Å². The van der Waals surface area contributed by atoms with E-state index in [1.54, 1.807) is 0 Å². The summed E-state index contributed by atoms with van der Waals surface area (Å²) in [6, 6.07) is 1.17. The lowest BCUT2D eigenvalue weighted by Gasteiger charge is -2.08. The number of nitrogens with zero attached hydrogens (tertiary/aromatic N) is 1. The van der Waals surface area contributed by atoms with Gasteiger partial charge in [0.25, 0.3) is 0 Å². The number of rotatable bonds is 7. The minimum absolute atomic E-state index is 0.0416. The molecule has 0 amide bonds. The molecular formula is C8H14ClN5O4S2. The van der Waals surface area contributed by atoms with Gasteiger partial charge in [-0.25, -0.2) is 37.5 Å². The summed E-state index contributed by atoms with van der Waals surface area (Å²) in [6.45, 7) is -0.0761. The van der Waals surface area contributed by atoms with Gasteiger partial charge in [0, 0.05) is 12.7 Å². The minimum atomic E-state index is -3.83. The monoisotopic (exact) mass is 343 g/mol. The van der Waals surface area contributed by atoms with Gasteiger partial charge in [-0.3, -0.25) is 0 Å². The summed E-state index contributed by atoms with van der Waals surface area (Å²) in [6.07, 6.45) is 1.13. The Morgan fingerprint density at radius 3 is 2.45 bits per heavy atom. The van der Waals surface area contributed by atoms with Gasteiger partial charge in [0.15, 0.2) is 5.82 Å². The number of primary sulfonamides is 1. The number of halogens is 1. The molecule has 1 aromatic rings. The molecule has 0 radical (unpaired) electrons. The molecule has 1 heterocycles. The SMILES string of the molecule is NNc1ncc(S(=O)(=O)NCCCS(N)(=O)=O)cc1Cl. The Hall–Kier alpha value is -0.980. The summed E-state index contributed by atoms with van der Waals surface area (Å²) in [5.41, 5.74) is 2.20. The quantitative estimate of drug-likeness (QED) is 0.280. The lowest BCUT2D eigenvalue weighted by molar-refractivity contribution is 0.576. The normalized spacial score (nSPS) is 12.3. The first-order valence-electron chi connectivity index (χ1n) is 5.28. The average Bonchev–Trinajstić information content (AvgIpc) is 2.33. The number of sulfonamides is 2. The van der Waals surface area contributed by atoms with Crippen LogP contribution in [0.25, 0.3) is 0 Å². The number of anilines is 1. The van der Waals surface area contributed by atoms with Gasteiger partial charge in [-0.15, -0.1) is 0 Å². The fourth-order valence-corrected chi connectivity index (χ4v) is 3.11. The van der Waals surface area contributed by atoms with Crippen LogP contribution in [0, 0.1) is 0 Å². The van der Waals surface area contributed by atoms with E-state index in [4.69, 9.17) is 22.6 Å². The second-order valence-corrected chi connectivity index (χ2v) is 7.67. The van der Waals surface area contributed by atoms with Gasteiger partial charge in [-0.1, -0.05) is 11.6 Å². The topological polar surface area (TPSA) is 157 Å². The molecule has 114 valence electrons. The molecule has 0 aliphatic carbocycles. The molecule has 0 unspecified atom stereocenters. The Kier molecular flexibility index (Phi) is 5.68. The van der Waals surface area contributed by atoms with Crippen LogP contribution in [0.4, 0.5) is 5.82 Å². The zero-order valence-corrected chi connectivity index (χ0v) is 12.6. The summed E-state index contributed by atoms with van der Waals surface area (Å²) in [5.74, 6) is 4.94. The number of pyridine rings is 1. The van der Waals surface area contributed by atoms with Gasteiger partial charge in [-0.2, -0.15) is 0 Å². The zero-order chi connectivity index (χ0) is 15.4. The van der Waals surface area contributed by atoms with Crippen molar-refractivity contribution in [1.82, 2.24) is 9.71 Å². The Bertz CT molecular complexity index is 676. The molecule has 6 N–H and O–H groups in total. The largest absolute Gasteiger partial charge is 0.307 e. The molecule has 0 aliphatic heterocycles. The van der Waals surface area contributed by atoms with Gasteiger partial charge in [0.2, 0.25) is 20.0 Å². The smallest absolute Gasteiger partial charge is 0.242 e. The Labute approximate surface area is 121 Å². The van der Waals surface area contributed by atoms with Crippen molar-refractivity contribution in [2.24, 2.45) is 11.0 Å². The second kappa shape index (κ2) is 6.65. The molecule has 0 aliphatic rings. The van der Waals surface area contributed by atoms with Crippen molar-refractivity contribution < 1.29 is 16.8 Å². The lowest BCUT2D eigenvalue weighted by atomic mass is 10.5. The van der Waals surface area contributed by atoms with E-state index in [9.17, 15) is 16.8 Å². The number of aromatic nitrogens is 1. The molecule has 12 heteroatoms. The molecule has 20 heavy (non-hydrogen) atoms. The van der Waals surface area contributed by atoms with E-state index in [-0.39, 0.29) is 34.5 Å². The molecule has 0 bridgehead atoms. The molecule has 1 aromatic heterocycles. The fraction of sp³-hybridized carbons (Fsp3) is 0.375. The van der Waals surface area contributed by atoms with Crippen molar-refractivity contribution >= 4 is 37.5 Å². The van der Waals surface area contributed by atoms with E-state index in [1.165, 1.54) is 6.07 Å². The van der Waals surface area contributed by atoms with Crippen LogP contribution in [0.2, 0.25) is 5.02 Å². The predicted molar refractivity (Wildman–Crippen MR) is 74.8 cm³/mol. The summed E-state index contributed by atoms with van der Waals surface area (Å²) >= 11 is 5.76. The number of hydrazine groups is 1. The summed E-state index contributed by atoms with van der Waals surface area (Å²) in [4.78, 5) is 3.57. The van der Waals surface area contributed by atoms with Crippen molar-refractivity contribution in [3.63, 3.8) is 0 Å². The summed E-state index contributed by atoms with van der Waals surface area (Å²) in [7, 11) is -7.44. The maximum atomic E-state index is 11.9.